The number of aliphatic carboxylic acids is 1. The highest BCUT2D eigenvalue weighted by atomic mass is 16.4. The molecule has 0 spiro atoms. The van der Waals surface area contributed by atoms with Gasteiger partial charge >= 0.3 is 5.97 Å². The molecule has 0 aliphatic heterocycles. The molecule has 0 aromatic heterocycles. The van der Waals surface area contributed by atoms with Gasteiger partial charge in [0.2, 0.25) is 5.91 Å². The molecule has 0 radical (unpaired) electrons. The van der Waals surface area contributed by atoms with Crippen LogP contribution in [-0.4, -0.2) is 23.0 Å². The van der Waals surface area contributed by atoms with Crippen LogP contribution in [0.3, 0.4) is 0 Å². The normalized spacial score (nSPS) is 13.4. The van der Waals surface area contributed by atoms with Gasteiger partial charge in [0.15, 0.2) is 0 Å². The van der Waals surface area contributed by atoms with Crippen molar-refractivity contribution in [3.63, 3.8) is 0 Å². The maximum absolute atomic E-state index is 13.3. The summed E-state index contributed by atoms with van der Waals surface area (Å²) in [6.45, 7) is 0. The van der Waals surface area contributed by atoms with Crippen LogP contribution < -0.4 is 5.32 Å². The fourth-order valence-electron chi connectivity index (χ4n) is 4.49. The van der Waals surface area contributed by atoms with Gasteiger partial charge in [-0.2, -0.15) is 0 Å². The first-order valence-electron chi connectivity index (χ1n) is 10.3. The van der Waals surface area contributed by atoms with E-state index in [9.17, 15) is 14.7 Å². The van der Waals surface area contributed by atoms with Gasteiger partial charge in [-0.15, -0.1) is 0 Å². The fraction of sp³-hybridized carbons (Fsp3) is 0.111. The Morgan fingerprint density at radius 1 is 0.774 bits per heavy atom. The van der Waals surface area contributed by atoms with Crippen molar-refractivity contribution in [2.24, 2.45) is 0 Å². The van der Waals surface area contributed by atoms with E-state index in [1.807, 2.05) is 91.0 Å². The predicted octanol–water partition coefficient (Wildman–Crippen LogP) is 4.76. The lowest BCUT2D eigenvalue weighted by Crippen LogP contribution is -2.44. The molecule has 5 rings (SSSR count). The standard InChI is InChI=1S/C27H21NO3/c29-26(25-22-11-5-3-9-20(22)21-10-4-6-12-23(21)25)28-24(27(30)31)16-17-13-14-18-7-1-2-8-19(18)15-17/h1-15,24-25H,16H2,(H,28,29)(H,30,31)/t24-/m0/s1. The van der Waals surface area contributed by atoms with Crippen molar-refractivity contribution in [1.82, 2.24) is 5.32 Å². The molecule has 1 aliphatic carbocycles. The third-order valence-corrected chi connectivity index (χ3v) is 5.96. The molecule has 0 fully saturated rings. The SMILES string of the molecule is O=C(N[C@@H](Cc1ccc2ccccc2c1)C(=O)O)C1c2ccccc2-c2ccccc21. The van der Waals surface area contributed by atoms with Gasteiger partial charge in [0.25, 0.3) is 0 Å². The molecule has 4 aromatic rings. The molecule has 0 saturated carbocycles. The lowest BCUT2D eigenvalue weighted by Gasteiger charge is -2.19. The Morgan fingerprint density at radius 2 is 1.35 bits per heavy atom. The highest BCUT2D eigenvalue weighted by Gasteiger charge is 2.35. The second-order valence-electron chi connectivity index (χ2n) is 7.89. The van der Waals surface area contributed by atoms with Crippen molar-refractivity contribution >= 4 is 22.6 Å². The number of carbonyl (C=O) groups is 2. The highest BCUT2D eigenvalue weighted by Crippen LogP contribution is 2.44. The Bertz CT molecular complexity index is 1270. The van der Waals surface area contributed by atoms with Crippen LogP contribution >= 0.6 is 0 Å². The zero-order valence-electron chi connectivity index (χ0n) is 16.8. The summed E-state index contributed by atoms with van der Waals surface area (Å²) < 4.78 is 0. The molecule has 1 amide bonds. The third kappa shape index (κ3) is 3.46. The Morgan fingerprint density at radius 3 is 2.00 bits per heavy atom. The number of hydrogen-bond acceptors (Lipinski definition) is 2. The molecule has 1 aliphatic rings. The number of carbonyl (C=O) groups excluding carboxylic acids is 1. The molecule has 2 N–H and O–H groups in total. The van der Waals surface area contributed by atoms with E-state index < -0.39 is 17.9 Å². The summed E-state index contributed by atoms with van der Waals surface area (Å²) in [5.41, 5.74) is 4.75. The van der Waals surface area contributed by atoms with Gasteiger partial charge in [-0.25, -0.2) is 4.79 Å². The van der Waals surface area contributed by atoms with Gasteiger partial charge < -0.3 is 10.4 Å². The molecule has 0 saturated heterocycles. The first-order valence-corrected chi connectivity index (χ1v) is 10.3. The number of fused-ring (bicyclic) bond motifs is 4. The lowest BCUT2D eigenvalue weighted by molar-refractivity contribution is -0.141. The number of carboxylic acids is 1. The van der Waals surface area contributed by atoms with Crippen LogP contribution in [0.1, 0.15) is 22.6 Å². The van der Waals surface area contributed by atoms with Crippen LogP contribution in [0.4, 0.5) is 0 Å². The quantitative estimate of drug-likeness (QED) is 0.501. The van der Waals surface area contributed by atoms with Gasteiger partial charge in [0.05, 0.1) is 5.92 Å². The predicted molar refractivity (Wildman–Crippen MR) is 121 cm³/mol. The Hall–Kier alpha value is -3.92. The van der Waals surface area contributed by atoms with Crippen LogP contribution in [0.25, 0.3) is 21.9 Å². The van der Waals surface area contributed by atoms with E-state index >= 15 is 0 Å². The van der Waals surface area contributed by atoms with Gasteiger partial charge in [0.1, 0.15) is 6.04 Å². The molecular weight excluding hydrogens is 386 g/mol. The number of benzene rings is 4. The Balaban J connectivity index is 1.43. The summed E-state index contributed by atoms with van der Waals surface area (Å²) in [5, 5.41) is 14.8. The van der Waals surface area contributed by atoms with Crippen molar-refractivity contribution in [3.05, 3.63) is 108 Å². The highest BCUT2D eigenvalue weighted by molar-refractivity contribution is 5.97. The second-order valence-corrected chi connectivity index (χ2v) is 7.89. The van der Waals surface area contributed by atoms with Crippen molar-refractivity contribution in [2.75, 3.05) is 0 Å². The zero-order valence-corrected chi connectivity index (χ0v) is 16.8. The molecule has 0 bridgehead atoms. The molecule has 0 unspecified atom stereocenters. The van der Waals surface area contributed by atoms with E-state index in [-0.39, 0.29) is 12.3 Å². The minimum absolute atomic E-state index is 0.224. The van der Waals surface area contributed by atoms with E-state index in [2.05, 4.69) is 5.32 Å². The van der Waals surface area contributed by atoms with Crippen molar-refractivity contribution in [3.8, 4) is 11.1 Å². The molecule has 4 aromatic carbocycles. The average molecular weight is 407 g/mol. The van der Waals surface area contributed by atoms with Crippen molar-refractivity contribution in [2.45, 2.75) is 18.4 Å². The monoisotopic (exact) mass is 407 g/mol. The number of rotatable bonds is 5. The maximum atomic E-state index is 13.3. The molecule has 4 heteroatoms. The summed E-state index contributed by atoms with van der Waals surface area (Å²) in [6.07, 6.45) is 0.224. The van der Waals surface area contributed by atoms with Gasteiger partial charge in [0, 0.05) is 6.42 Å². The van der Waals surface area contributed by atoms with Crippen LogP contribution in [0.2, 0.25) is 0 Å². The second kappa shape index (κ2) is 7.73. The first-order chi connectivity index (χ1) is 15.1. The van der Waals surface area contributed by atoms with Crippen LogP contribution in [0.5, 0.6) is 0 Å². The van der Waals surface area contributed by atoms with Crippen LogP contribution in [0, 0.1) is 0 Å². The minimum Gasteiger partial charge on any atom is -0.480 e. The van der Waals surface area contributed by atoms with Gasteiger partial charge in [-0.1, -0.05) is 91.0 Å². The Labute approximate surface area is 180 Å². The van der Waals surface area contributed by atoms with E-state index in [0.29, 0.717) is 0 Å². The van der Waals surface area contributed by atoms with E-state index in [1.165, 1.54) is 0 Å². The minimum atomic E-state index is -1.04. The number of amides is 1. The van der Waals surface area contributed by atoms with E-state index in [4.69, 9.17) is 0 Å². The number of hydrogen-bond donors (Lipinski definition) is 2. The lowest BCUT2D eigenvalue weighted by atomic mass is 9.95. The maximum Gasteiger partial charge on any atom is 0.326 e. The molecule has 31 heavy (non-hydrogen) atoms. The fourth-order valence-corrected chi connectivity index (χ4v) is 4.49. The van der Waals surface area contributed by atoms with E-state index in [1.54, 1.807) is 0 Å². The number of nitrogens with one attached hydrogen (secondary N) is 1. The summed E-state index contributed by atoms with van der Waals surface area (Å²) in [4.78, 5) is 25.3. The number of carboxylic acid groups (broad SMARTS) is 1. The van der Waals surface area contributed by atoms with Gasteiger partial charge in [-0.05, 0) is 38.6 Å². The topological polar surface area (TPSA) is 66.4 Å². The smallest absolute Gasteiger partial charge is 0.326 e. The molecule has 1 atom stereocenters. The molecule has 0 heterocycles. The van der Waals surface area contributed by atoms with Crippen LogP contribution in [-0.2, 0) is 16.0 Å². The third-order valence-electron chi connectivity index (χ3n) is 5.96. The van der Waals surface area contributed by atoms with E-state index in [0.717, 1.165) is 38.6 Å². The summed E-state index contributed by atoms with van der Waals surface area (Å²) in [6, 6.07) is 28.5. The average Bonchev–Trinajstić information content (AvgIpc) is 3.13. The Kier molecular flexibility index (Phi) is 4.75. The van der Waals surface area contributed by atoms with Crippen LogP contribution in [0.15, 0.2) is 91.0 Å². The first kappa shape index (κ1) is 19.1. The van der Waals surface area contributed by atoms with Gasteiger partial charge in [-0.3, -0.25) is 4.79 Å². The zero-order chi connectivity index (χ0) is 21.4. The molecule has 4 nitrogen and oxygen atoms in total. The summed E-state index contributed by atoms with van der Waals surface area (Å²) in [5.74, 6) is -1.84. The van der Waals surface area contributed by atoms with Crippen molar-refractivity contribution < 1.29 is 14.7 Å². The molecule has 152 valence electrons. The van der Waals surface area contributed by atoms with Crippen molar-refractivity contribution in [1.29, 1.82) is 0 Å². The largest absolute Gasteiger partial charge is 0.480 e. The summed E-state index contributed by atoms with van der Waals surface area (Å²) in [7, 11) is 0. The summed E-state index contributed by atoms with van der Waals surface area (Å²) >= 11 is 0. The molecular formula is C27H21NO3.